The molecule has 0 bridgehead atoms. The molecule has 0 aliphatic heterocycles. The summed E-state index contributed by atoms with van der Waals surface area (Å²) in [5.74, 6) is 1.84. The minimum absolute atomic E-state index is 0.137. The van der Waals surface area contributed by atoms with Gasteiger partial charge in [-0.05, 0) is 38.5 Å². The summed E-state index contributed by atoms with van der Waals surface area (Å²) in [6.07, 6.45) is 1.48. The van der Waals surface area contributed by atoms with Crippen LogP contribution in [0.1, 0.15) is 20.8 Å². The van der Waals surface area contributed by atoms with Gasteiger partial charge in [0.1, 0.15) is 34.5 Å². The van der Waals surface area contributed by atoms with Gasteiger partial charge in [-0.1, -0.05) is 12.1 Å². The average molecular weight is 354 g/mol. The molecule has 0 spiro atoms. The van der Waals surface area contributed by atoms with Crippen molar-refractivity contribution in [2.24, 2.45) is 0 Å². The first kappa shape index (κ1) is 17.9. The second kappa shape index (κ2) is 7.95. The van der Waals surface area contributed by atoms with Crippen LogP contribution in [0.3, 0.4) is 0 Å². The van der Waals surface area contributed by atoms with Crippen LogP contribution < -0.4 is 19.6 Å². The van der Waals surface area contributed by atoms with Crippen LogP contribution in [0.5, 0.6) is 17.2 Å². The zero-order chi connectivity index (χ0) is 18.5. The van der Waals surface area contributed by atoms with E-state index in [2.05, 4.69) is 0 Å². The third-order valence-corrected chi connectivity index (χ3v) is 3.90. The lowest BCUT2D eigenvalue weighted by atomic mass is 10.0. The molecule has 0 N–H and O–H groups in total. The van der Waals surface area contributed by atoms with Crippen molar-refractivity contribution in [3.05, 3.63) is 52.9 Å². The lowest BCUT2D eigenvalue weighted by Crippen LogP contribution is -2.08. The molecule has 136 valence electrons. The first-order valence-electron chi connectivity index (χ1n) is 8.76. The predicted molar refractivity (Wildman–Crippen MR) is 101 cm³/mol. The zero-order valence-electron chi connectivity index (χ0n) is 15.2. The Morgan fingerprint density at radius 2 is 1.50 bits per heavy atom. The molecule has 0 atom stereocenters. The number of ether oxygens (including phenoxy) is 3. The van der Waals surface area contributed by atoms with Gasteiger partial charge >= 0.3 is 0 Å². The first-order chi connectivity index (χ1) is 12.7. The molecule has 3 rings (SSSR count). The Balaban J connectivity index is 2.13. The fourth-order valence-corrected chi connectivity index (χ4v) is 2.81. The van der Waals surface area contributed by atoms with Crippen molar-refractivity contribution in [3.8, 4) is 28.4 Å². The van der Waals surface area contributed by atoms with Crippen LogP contribution in [0.4, 0.5) is 0 Å². The van der Waals surface area contributed by atoms with Gasteiger partial charge in [0.05, 0.1) is 25.4 Å². The van der Waals surface area contributed by atoms with Crippen LogP contribution >= 0.6 is 0 Å². The van der Waals surface area contributed by atoms with Gasteiger partial charge in [-0.3, -0.25) is 4.79 Å². The zero-order valence-corrected chi connectivity index (χ0v) is 15.2. The second-order valence-electron chi connectivity index (χ2n) is 5.60. The van der Waals surface area contributed by atoms with Crippen LogP contribution in [0.2, 0.25) is 0 Å². The van der Waals surface area contributed by atoms with Crippen LogP contribution in [-0.4, -0.2) is 19.8 Å². The molecule has 0 aliphatic rings. The molecule has 0 aliphatic carbocycles. The molecule has 5 heteroatoms. The Bertz CT molecular complexity index is 941. The van der Waals surface area contributed by atoms with Gasteiger partial charge in [0.15, 0.2) is 0 Å². The van der Waals surface area contributed by atoms with E-state index in [0.717, 1.165) is 11.3 Å². The van der Waals surface area contributed by atoms with Crippen LogP contribution in [0.25, 0.3) is 22.1 Å². The molecule has 3 aromatic rings. The predicted octanol–water partition coefficient (Wildman–Crippen LogP) is 4.66. The Hall–Kier alpha value is -2.95. The SMILES string of the molecule is CCOc1ccc(-c2coc3cc(OCC)cc(OCC)c3c2=O)cc1. The fourth-order valence-electron chi connectivity index (χ4n) is 2.81. The molecule has 26 heavy (non-hydrogen) atoms. The molecule has 0 unspecified atom stereocenters. The van der Waals surface area contributed by atoms with Gasteiger partial charge in [0.2, 0.25) is 5.43 Å². The van der Waals surface area contributed by atoms with E-state index in [9.17, 15) is 4.79 Å². The molecule has 1 aromatic heterocycles. The molecule has 0 fully saturated rings. The number of fused-ring (bicyclic) bond motifs is 1. The van der Waals surface area contributed by atoms with E-state index in [1.165, 1.54) is 6.26 Å². The number of hydrogen-bond acceptors (Lipinski definition) is 5. The van der Waals surface area contributed by atoms with E-state index in [0.29, 0.717) is 47.9 Å². The Morgan fingerprint density at radius 3 is 2.15 bits per heavy atom. The molecule has 1 heterocycles. The largest absolute Gasteiger partial charge is 0.494 e. The maximum Gasteiger partial charge on any atom is 0.204 e. The van der Waals surface area contributed by atoms with Crippen molar-refractivity contribution in [2.45, 2.75) is 20.8 Å². The number of rotatable bonds is 7. The van der Waals surface area contributed by atoms with Crippen LogP contribution in [0, 0.1) is 0 Å². The highest BCUT2D eigenvalue weighted by Gasteiger charge is 2.16. The van der Waals surface area contributed by atoms with Gasteiger partial charge in [-0.25, -0.2) is 0 Å². The maximum absolute atomic E-state index is 13.1. The lowest BCUT2D eigenvalue weighted by molar-refractivity contribution is 0.325. The normalized spacial score (nSPS) is 10.7. The smallest absolute Gasteiger partial charge is 0.204 e. The minimum atomic E-state index is -0.137. The lowest BCUT2D eigenvalue weighted by Gasteiger charge is -2.11. The molecule has 0 radical (unpaired) electrons. The van der Waals surface area contributed by atoms with E-state index in [-0.39, 0.29) is 5.43 Å². The summed E-state index contributed by atoms with van der Waals surface area (Å²) in [6.45, 7) is 7.25. The monoisotopic (exact) mass is 354 g/mol. The fraction of sp³-hybridized carbons (Fsp3) is 0.286. The molecular formula is C21H22O5. The molecule has 0 amide bonds. The highest BCUT2D eigenvalue weighted by Crippen LogP contribution is 2.31. The standard InChI is InChI=1S/C21H22O5/c1-4-23-15-9-7-14(8-10-15)17-13-26-19-12-16(24-5-2)11-18(25-6-3)20(19)21(17)22/h7-13H,4-6H2,1-3H3. The van der Waals surface area contributed by atoms with Crippen molar-refractivity contribution in [2.75, 3.05) is 19.8 Å². The summed E-state index contributed by atoms with van der Waals surface area (Å²) in [5, 5.41) is 0.418. The Morgan fingerprint density at radius 1 is 0.846 bits per heavy atom. The highest BCUT2D eigenvalue weighted by molar-refractivity contribution is 5.88. The van der Waals surface area contributed by atoms with Crippen molar-refractivity contribution < 1.29 is 18.6 Å². The average Bonchev–Trinajstić information content (AvgIpc) is 2.63. The van der Waals surface area contributed by atoms with E-state index in [1.807, 2.05) is 45.0 Å². The number of hydrogen-bond donors (Lipinski definition) is 0. The minimum Gasteiger partial charge on any atom is -0.494 e. The summed E-state index contributed by atoms with van der Waals surface area (Å²) in [6, 6.07) is 10.8. The van der Waals surface area contributed by atoms with Gasteiger partial charge in [0, 0.05) is 12.1 Å². The van der Waals surface area contributed by atoms with Crippen molar-refractivity contribution in [1.29, 1.82) is 0 Å². The maximum atomic E-state index is 13.1. The Kier molecular flexibility index (Phi) is 5.46. The topological polar surface area (TPSA) is 57.9 Å². The number of benzene rings is 2. The van der Waals surface area contributed by atoms with Crippen LogP contribution in [-0.2, 0) is 0 Å². The summed E-state index contributed by atoms with van der Waals surface area (Å²) < 4.78 is 22.4. The summed E-state index contributed by atoms with van der Waals surface area (Å²) >= 11 is 0. The molecule has 2 aromatic carbocycles. The highest BCUT2D eigenvalue weighted by atomic mass is 16.5. The quantitative estimate of drug-likeness (QED) is 0.618. The van der Waals surface area contributed by atoms with Gasteiger partial charge < -0.3 is 18.6 Å². The summed E-state index contributed by atoms with van der Waals surface area (Å²) in [7, 11) is 0. The van der Waals surface area contributed by atoms with Gasteiger partial charge in [0.25, 0.3) is 0 Å². The van der Waals surface area contributed by atoms with Gasteiger partial charge in [-0.2, -0.15) is 0 Å². The van der Waals surface area contributed by atoms with Crippen LogP contribution in [0.15, 0.2) is 51.9 Å². The van der Waals surface area contributed by atoms with Crippen molar-refractivity contribution in [3.63, 3.8) is 0 Å². The molecular weight excluding hydrogens is 332 g/mol. The Labute approximate surface area is 152 Å². The van der Waals surface area contributed by atoms with E-state index < -0.39 is 0 Å². The first-order valence-corrected chi connectivity index (χ1v) is 8.76. The van der Waals surface area contributed by atoms with E-state index >= 15 is 0 Å². The van der Waals surface area contributed by atoms with Crippen molar-refractivity contribution >= 4 is 11.0 Å². The van der Waals surface area contributed by atoms with E-state index in [1.54, 1.807) is 12.1 Å². The third kappa shape index (κ3) is 3.52. The second-order valence-corrected chi connectivity index (χ2v) is 5.60. The third-order valence-electron chi connectivity index (χ3n) is 3.90. The summed E-state index contributed by atoms with van der Waals surface area (Å²) in [5.41, 5.74) is 1.55. The molecule has 0 saturated carbocycles. The molecule has 0 saturated heterocycles. The van der Waals surface area contributed by atoms with Gasteiger partial charge in [-0.15, -0.1) is 0 Å². The summed E-state index contributed by atoms with van der Waals surface area (Å²) in [4.78, 5) is 13.1. The van der Waals surface area contributed by atoms with E-state index in [4.69, 9.17) is 18.6 Å². The van der Waals surface area contributed by atoms with Crippen molar-refractivity contribution in [1.82, 2.24) is 0 Å². The molecule has 5 nitrogen and oxygen atoms in total.